The average Bonchev–Trinajstić information content (AvgIpc) is 3.18. The Kier molecular flexibility index (Phi) is 3.59. The normalized spacial score (nSPS) is 19.7. The van der Waals surface area contributed by atoms with E-state index in [0.717, 1.165) is 23.4 Å². The highest BCUT2D eigenvalue weighted by atomic mass is 32.2. The van der Waals surface area contributed by atoms with Crippen LogP contribution < -0.4 is 0 Å². The Morgan fingerprint density at radius 3 is 2.78 bits per heavy atom. The van der Waals surface area contributed by atoms with E-state index in [9.17, 15) is 8.42 Å². The van der Waals surface area contributed by atoms with Crippen LogP contribution in [0.15, 0.2) is 29.8 Å². The van der Waals surface area contributed by atoms with Crippen molar-refractivity contribution in [2.45, 2.75) is 38.1 Å². The zero-order chi connectivity index (χ0) is 16.1. The van der Waals surface area contributed by atoms with E-state index in [1.165, 1.54) is 11.1 Å². The van der Waals surface area contributed by atoms with Crippen molar-refractivity contribution in [3.63, 3.8) is 0 Å². The van der Waals surface area contributed by atoms with Crippen molar-refractivity contribution in [3.05, 3.63) is 51.5 Å². The third-order valence-corrected chi connectivity index (χ3v) is 7.85. The molecule has 122 valence electrons. The Bertz CT molecular complexity index is 838. The van der Waals surface area contributed by atoms with Crippen LogP contribution in [0.1, 0.15) is 34.5 Å². The summed E-state index contributed by atoms with van der Waals surface area (Å²) >= 11 is 1.54. The number of nitrogens with zero attached hydrogens (tertiary/aromatic N) is 2. The van der Waals surface area contributed by atoms with E-state index in [0.29, 0.717) is 19.5 Å². The molecule has 1 spiro atoms. The number of aromatic nitrogens is 1. The van der Waals surface area contributed by atoms with Gasteiger partial charge < -0.3 is 0 Å². The molecular weight excluding hydrogens is 328 g/mol. The van der Waals surface area contributed by atoms with E-state index in [1.807, 2.05) is 13.0 Å². The molecule has 1 saturated carbocycles. The maximum Gasteiger partial charge on any atom is 0.214 e. The molecule has 0 unspecified atom stereocenters. The molecule has 1 aliphatic heterocycles. The molecule has 4 nitrogen and oxygen atoms in total. The van der Waals surface area contributed by atoms with Crippen LogP contribution in [-0.2, 0) is 28.4 Å². The van der Waals surface area contributed by atoms with E-state index >= 15 is 0 Å². The van der Waals surface area contributed by atoms with Crippen molar-refractivity contribution in [2.75, 3.05) is 12.3 Å². The topological polar surface area (TPSA) is 50.3 Å². The predicted molar refractivity (Wildman–Crippen MR) is 92.1 cm³/mol. The van der Waals surface area contributed by atoms with Crippen molar-refractivity contribution >= 4 is 21.4 Å². The van der Waals surface area contributed by atoms with Gasteiger partial charge in [0.05, 0.1) is 17.0 Å². The molecule has 2 heterocycles. The fourth-order valence-corrected chi connectivity index (χ4v) is 5.95. The van der Waals surface area contributed by atoms with Crippen LogP contribution >= 0.6 is 11.3 Å². The molecule has 2 aromatic rings. The van der Waals surface area contributed by atoms with Gasteiger partial charge in [0.2, 0.25) is 10.0 Å². The Morgan fingerprint density at radius 2 is 2.09 bits per heavy atom. The number of hydrogen-bond acceptors (Lipinski definition) is 4. The van der Waals surface area contributed by atoms with E-state index < -0.39 is 10.0 Å². The fourth-order valence-electron chi connectivity index (χ4n) is 3.54. The molecule has 1 aromatic heterocycles. The first-order valence-corrected chi connectivity index (χ1v) is 10.4. The number of rotatable bonds is 4. The van der Waals surface area contributed by atoms with Gasteiger partial charge in [-0.3, -0.25) is 0 Å². The summed E-state index contributed by atoms with van der Waals surface area (Å²) in [6, 6.07) is 8.32. The Labute approximate surface area is 141 Å². The van der Waals surface area contributed by atoms with Crippen LogP contribution in [-0.4, -0.2) is 30.0 Å². The number of aryl methyl sites for hydroxylation is 2. The molecule has 4 rings (SSSR count). The maximum absolute atomic E-state index is 12.8. The van der Waals surface area contributed by atoms with Crippen LogP contribution in [0.25, 0.3) is 0 Å². The molecule has 0 amide bonds. The SMILES string of the molecule is Cc1ncsc1CCS(=O)(=O)N1Cc2ccccc2C2(CC2)C1. The largest absolute Gasteiger partial charge is 0.250 e. The summed E-state index contributed by atoms with van der Waals surface area (Å²) in [4.78, 5) is 5.28. The zero-order valence-corrected chi connectivity index (χ0v) is 14.8. The van der Waals surface area contributed by atoms with Crippen LogP contribution in [0, 0.1) is 6.92 Å². The fraction of sp³-hybridized carbons (Fsp3) is 0.471. The second-order valence-corrected chi connectivity index (χ2v) is 9.66. The molecule has 0 N–H and O–H groups in total. The van der Waals surface area contributed by atoms with Gasteiger partial charge >= 0.3 is 0 Å². The minimum Gasteiger partial charge on any atom is -0.250 e. The number of thiazole rings is 1. The highest BCUT2D eigenvalue weighted by Gasteiger charge is 2.50. The Morgan fingerprint density at radius 1 is 1.30 bits per heavy atom. The molecular formula is C17H20N2O2S2. The molecule has 0 atom stereocenters. The first-order chi connectivity index (χ1) is 11.0. The summed E-state index contributed by atoms with van der Waals surface area (Å²) in [5.41, 5.74) is 5.36. The number of benzene rings is 1. The van der Waals surface area contributed by atoms with Crippen LogP contribution in [0.2, 0.25) is 0 Å². The Balaban J connectivity index is 1.55. The summed E-state index contributed by atoms with van der Waals surface area (Å²) < 4.78 is 27.4. The van der Waals surface area contributed by atoms with Crippen molar-refractivity contribution in [1.29, 1.82) is 0 Å². The lowest BCUT2D eigenvalue weighted by atomic mass is 9.88. The van der Waals surface area contributed by atoms with Crippen LogP contribution in [0.4, 0.5) is 0 Å². The number of hydrogen-bond donors (Lipinski definition) is 0. The molecule has 6 heteroatoms. The van der Waals surface area contributed by atoms with Gasteiger partial charge in [-0.1, -0.05) is 24.3 Å². The molecule has 23 heavy (non-hydrogen) atoms. The number of sulfonamides is 1. The molecule has 2 aliphatic rings. The lowest BCUT2D eigenvalue weighted by Gasteiger charge is -2.34. The molecule has 0 saturated heterocycles. The van der Waals surface area contributed by atoms with Gasteiger partial charge in [0, 0.05) is 23.4 Å². The van der Waals surface area contributed by atoms with Crippen LogP contribution in [0.5, 0.6) is 0 Å². The van der Waals surface area contributed by atoms with E-state index in [2.05, 4.69) is 23.2 Å². The van der Waals surface area contributed by atoms with Gasteiger partial charge in [0.1, 0.15) is 0 Å². The first kappa shape index (κ1) is 15.3. The molecule has 1 aromatic carbocycles. The maximum atomic E-state index is 12.8. The quantitative estimate of drug-likeness (QED) is 0.854. The second-order valence-electron chi connectivity index (χ2n) is 6.63. The van der Waals surface area contributed by atoms with Crippen molar-refractivity contribution in [1.82, 2.24) is 9.29 Å². The van der Waals surface area contributed by atoms with E-state index in [1.54, 1.807) is 21.2 Å². The minimum absolute atomic E-state index is 0.0856. The summed E-state index contributed by atoms with van der Waals surface area (Å²) in [6.07, 6.45) is 2.76. The predicted octanol–water partition coefficient (Wildman–Crippen LogP) is 2.87. The molecule has 0 radical (unpaired) electrons. The lowest BCUT2D eigenvalue weighted by molar-refractivity contribution is 0.344. The van der Waals surface area contributed by atoms with E-state index in [-0.39, 0.29) is 11.2 Å². The van der Waals surface area contributed by atoms with Crippen molar-refractivity contribution < 1.29 is 8.42 Å². The highest BCUT2D eigenvalue weighted by molar-refractivity contribution is 7.89. The third-order valence-electron chi connectivity index (χ3n) is 5.09. The third kappa shape index (κ3) is 2.73. The van der Waals surface area contributed by atoms with Gasteiger partial charge in [-0.15, -0.1) is 11.3 Å². The molecule has 1 fully saturated rings. The second kappa shape index (κ2) is 5.40. The number of fused-ring (bicyclic) bond motifs is 2. The average molecular weight is 348 g/mol. The summed E-state index contributed by atoms with van der Waals surface area (Å²) in [6.45, 7) is 3.10. The summed E-state index contributed by atoms with van der Waals surface area (Å²) in [7, 11) is -3.24. The van der Waals surface area contributed by atoms with Gasteiger partial charge in [0.15, 0.2) is 0 Å². The lowest BCUT2D eigenvalue weighted by Crippen LogP contribution is -2.42. The van der Waals surface area contributed by atoms with E-state index in [4.69, 9.17) is 0 Å². The minimum atomic E-state index is -3.24. The monoisotopic (exact) mass is 348 g/mol. The highest BCUT2D eigenvalue weighted by Crippen LogP contribution is 2.52. The molecule has 0 bridgehead atoms. The smallest absolute Gasteiger partial charge is 0.214 e. The summed E-state index contributed by atoms with van der Waals surface area (Å²) in [5.74, 6) is 0.175. The van der Waals surface area contributed by atoms with Crippen LogP contribution in [0.3, 0.4) is 0 Å². The zero-order valence-electron chi connectivity index (χ0n) is 13.2. The van der Waals surface area contributed by atoms with Gasteiger partial charge in [-0.2, -0.15) is 4.31 Å². The summed E-state index contributed by atoms with van der Waals surface area (Å²) in [5, 5.41) is 0. The van der Waals surface area contributed by atoms with Crippen molar-refractivity contribution in [3.8, 4) is 0 Å². The molecule has 1 aliphatic carbocycles. The standard InChI is InChI=1S/C17H20N2O2S2/c1-13-16(22-12-18-13)6-9-23(20,21)19-10-14-4-2-3-5-15(14)17(11-19)7-8-17/h2-5,12H,6-11H2,1H3. The first-order valence-electron chi connectivity index (χ1n) is 7.95. The Hall–Kier alpha value is -1.24. The van der Waals surface area contributed by atoms with Gasteiger partial charge in [-0.25, -0.2) is 13.4 Å². The van der Waals surface area contributed by atoms with Gasteiger partial charge in [-0.05, 0) is 37.3 Å². The van der Waals surface area contributed by atoms with Gasteiger partial charge in [0.25, 0.3) is 0 Å². The van der Waals surface area contributed by atoms with Crippen molar-refractivity contribution in [2.24, 2.45) is 0 Å².